The quantitative estimate of drug-likeness (QED) is 0.559. The summed E-state index contributed by atoms with van der Waals surface area (Å²) in [6, 6.07) is -0.465. The fraction of sp³-hybridized carbons (Fsp3) is 0.667. The van der Waals surface area contributed by atoms with E-state index in [1.165, 1.54) is 11.9 Å². The van der Waals surface area contributed by atoms with Gasteiger partial charge in [-0.05, 0) is 6.92 Å². The molecule has 0 spiro atoms. The van der Waals surface area contributed by atoms with Gasteiger partial charge in [-0.25, -0.2) is 4.79 Å². The summed E-state index contributed by atoms with van der Waals surface area (Å²) in [5.74, 6) is -1.23. The summed E-state index contributed by atoms with van der Waals surface area (Å²) in [4.78, 5) is 33.8. The Morgan fingerprint density at radius 3 is 2.38 bits per heavy atom. The van der Waals surface area contributed by atoms with Gasteiger partial charge in [0.1, 0.15) is 6.54 Å². The Morgan fingerprint density at radius 2 is 1.88 bits per heavy atom. The van der Waals surface area contributed by atoms with Gasteiger partial charge in [-0.15, -0.1) is 0 Å². The molecule has 7 nitrogen and oxygen atoms in total. The number of nitrogens with one attached hydrogen (secondary N) is 2. The third-order valence-corrected chi connectivity index (χ3v) is 1.72. The zero-order chi connectivity index (χ0) is 12.6. The highest BCUT2D eigenvalue weighted by Gasteiger charge is 2.11. The van der Waals surface area contributed by atoms with Crippen LogP contribution in [0.25, 0.3) is 0 Å². The van der Waals surface area contributed by atoms with Crippen LogP contribution in [0.5, 0.6) is 0 Å². The molecule has 3 amide bonds. The van der Waals surface area contributed by atoms with E-state index in [1.54, 1.807) is 6.92 Å². The smallest absolute Gasteiger partial charge is 0.317 e. The van der Waals surface area contributed by atoms with E-state index in [9.17, 15) is 14.4 Å². The van der Waals surface area contributed by atoms with Crippen LogP contribution in [-0.4, -0.2) is 54.6 Å². The highest BCUT2D eigenvalue weighted by Crippen LogP contribution is 1.85. The molecule has 16 heavy (non-hydrogen) atoms. The molecule has 0 fully saturated rings. The number of urea groups is 1. The number of likely N-dealkylation sites (N-methyl/N-ethyl adjacent to an activating group) is 2. The predicted octanol–water partition coefficient (Wildman–Crippen LogP) is -0.761. The largest absolute Gasteiger partial charge is 0.481 e. The Kier molecular flexibility index (Phi) is 6.66. The molecule has 0 heterocycles. The van der Waals surface area contributed by atoms with Crippen molar-refractivity contribution in [2.45, 2.75) is 13.3 Å². The fourth-order valence-electron chi connectivity index (χ4n) is 0.952. The average molecular weight is 231 g/mol. The molecule has 0 aliphatic carbocycles. The molecule has 0 aromatic heterocycles. The van der Waals surface area contributed by atoms with Crippen molar-refractivity contribution < 1.29 is 19.5 Å². The predicted molar refractivity (Wildman–Crippen MR) is 57.0 cm³/mol. The van der Waals surface area contributed by atoms with Gasteiger partial charge in [0.15, 0.2) is 0 Å². The third-order valence-electron chi connectivity index (χ3n) is 1.72. The number of rotatable bonds is 6. The molecule has 7 heteroatoms. The molecule has 92 valence electrons. The summed E-state index contributed by atoms with van der Waals surface area (Å²) >= 11 is 0. The summed E-state index contributed by atoms with van der Waals surface area (Å²) in [6.45, 7) is 2.29. The maximum absolute atomic E-state index is 11.3. The molecule has 0 rings (SSSR count). The van der Waals surface area contributed by atoms with Crippen LogP contribution in [0.2, 0.25) is 0 Å². The fourth-order valence-corrected chi connectivity index (χ4v) is 0.952. The highest BCUT2D eigenvalue weighted by molar-refractivity contribution is 5.83. The monoisotopic (exact) mass is 231 g/mol. The number of amides is 3. The molecule has 0 atom stereocenters. The highest BCUT2D eigenvalue weighted by atomic mass is 16.4. The van der Waals surface area contributed by atoms with Gasteiger partial charge in [-0.3, -0.25) is 9.59 Å². The molecular formula is C9H17N3O4. The molecule has 0 radical (unpaired) electrons. The molecule has 0 aromatic rings. The molecule has 0 bridgehead atoms. The second-order valence-electron chi connectivity index (χ2n) is 3.19. The van der Waals surface area contributed by atoms with E-state index in [0.29, 0.717) is 6.54 Å². The van der Waals surface area contributed by atoms with Gasteiger partial charge in [-0.1, -0.05) is 0 Å². The van der Waals surface area contributed by atoms with Gasteiger partial charge in [-0.2, -0.15) is 0 Å². The van der Waals surface area contributed by atoms with Crippen molar-refractivity contribution in [3.05, 3.63) is 0 Å². The number of carbonyl (C=O) groups is 3. The minimum absolute atomic E-state index is 0.0489. The number of nitrogens with zero attached hydrogens (tertiary/aromatic N) is 1. The van der Waals surface area contributed by atoms with E-state index >= 15 is 0 Å². The minimum Gasteiger partial charge on any atom is -0.481 e. The van der Waals surface area contributed by atoms with Gasteiger partial charge in [0.2, 0.25) is 5.91 Å². The van der Waals surface area contributed by atoms with Crippen molar-refractivity contribution in [1.29, 1.82) is 0 Å². The summed E-state index contributed by atoms with van der Waals surface area (Å²) < 4.78 is 0. The maximum Gasteiger partial charge on any atom is 0.317 e. The summed E-state index contributed by atoms with van der Waals surface area (Å²) in [5, 5.41) is 13.3. The molecule has 0 aromatic carbocycles. The third kappa shape index (κ3) is 6.63. The zero-order valence-electron chi connectivity index (χ0n) is 9.45. The molecule has 0 saturated heterocycles. The van der Waals surface area contributed by atoms with Gasteiger partial charge >= 0.3 is 12.0 Å². The first kappa shape index (κ1) is 14.2. The van der Waals surface area contributed by atoms with Crippen LogP contribution in [0.4, 0.5) is 4.79 Å². The Labute approximate surface area is 93.8 Å². The molecule has 0 aliphatic rings. The zero-order valence-corrected chi connectivity index (χ0v) is 9.45. The first-order valence-electron chi connectivity index (χ1n) is 4.94. The average Bonchev–Trinajstić information content (AvgIpc) is 2.17. The first-order chi connectivity index (χ1) is 7.47. The molecule has 0 unspecified atom stereocenters. The molecule has 0 aliphatic heterocycles. The van der Waals surface area contributed by atoms with E-state index in [-0.39, 0.29) is 25.4 Å². The normalized spacial score (nSPS) is 9.38. The van der Waals surface area contributed by atoms with Crippen LogP contribution >= 0.6 is 0 Å². The molecular weight excluding hydrogens is 214 g/mol. The summed E-state index contributed by atoms with van der Waals surface area (Å²) in [7, 11) is 1.46. The van der Waals surface area contributed by atoms with Crippen molar-refractivity contribution in [2.75, 3.05) is 26.7 Å². The van der Waals surface area contributed by atoms with Gasteiger partial charge < -0.3 is 20.6 Å². The van der Waals surface area contributed by atoms with Gasteiger partial charge in [0.25, 0.3) is 0 Å². The van der Waals surface area contributed by atoms with E-state index in [1.807, 2.05) is 0 Å². The van der Waals surface area contributed by atoms with E-state index in [2.05, 4.69) is 10.6 Å². The number of carboxylic acids is 1. The van der Waals surface area contributed by atoms with Gasteiger partial charge in [0, 0.05) is 20.1 Å². The Hall–Kier alpha value is -1.79. The van der Waals surface area contributed by atoms with Crippen molar-refractivity contribution in [2.24, 2.45) is 0 Å². The number of carboxylic acid groups (broad SMARTS) is 1. The van der Waals surface area contributed by atoms with Crippen molar-refractivity contribution in [3.63, 3.8) is 0 Å². The standard InChI is InChI=1S/C9H17N3O4/c1-3-10-7(13)6-12(2)9(16)11-5-4-8(14)15/h3-6H2,1-2H3,(H,10,13)(H,11,16)(H,14,15). The van der Waals surface area contributed by atoms with Crippen molar-refractivity contribution >= 4 is 17.9 Å². The second-order valence-corrected chi connectivity index (χ2v) is 3.19. The first-order valence-corrected chi connectivity index (χ1v) is 4.94. The van der Waals surface area contributed by atoms with Crippen LogP contribution in [-0.2, 0) is 9.59 Å². The Morgan fingerprint density at radius 1 is 1.25 bits per heavy atom. The Balaban J connectivity index is 3.81. The number of aliphatic carboxylic acids is 1. The lowest BCUT2D eigenvalue weighted by Gasteiger charge is -2.16. The van der Waals surface area contributed by atoms with Crippen LogP contribution in [0.3, 0.4) is 0 Å². The van der Waals surface area contributed by atoms with Crippen LogP contribution in [0, 0.1) is 0 Å². The van der Waals surface area contributed by atoms with Crippen LogP contribution in [0.15, 0.2) is 0 Å². The second kappa shape index (κ2) is 7.49. The van der Waals surface area contributed by atoms with Crippen LogP contribution in [0.1, 0.15) is 13.3 Å². The lowest BCUT2D eigenvalue weighted by Crippen LogP contribution is -2.43. The van der Waals surface area contributed by atoms with Crippen molar-refractivity contribution in [1.82, 2.24) is 15.5 Å². The lowest BCUT2D eigenvalue weighted by molar-refractivity contribution is -0.136. The maximum atomic E-state index is 11.3. The van der Waals surface area contributed by atoms with Crippen molar-refractivity contribution in [3.8, 4) is 0 Å². The van der Waals surface area contributed by atoms with Gasteiger partial charge in [0.05, 0.1) is 6.42 Å². The van der Waals surface area contributed by atoms with Crippen LogP contribution < -0.4 is 10.6 Å². The number of hydrogen-bond donors (Lipinski definition) is 3. The molecule has 3 N–H and O–H groups in total. The topological polar surface area (TPSA) is 98.7 Å². The molecule has 0 saturated carbocycles. The summed E-state index contributed by atoms with van der Waals surface area (Å²) in [6.07, 6.45) is -0.138. The van der Waals surface area contributed by atoms with E-state index < -0.39 is 12.0 Å². The Bertz CT molecular complexity index is 267. The summed E-state index contributed by atoms with van der Waals surface area (Å²) in [5.41, 5.74) is 0. The van der Waals surface area contributed by atoms with E-state index in [4.69, 9.17) is 5.11 Å². The number of hydrogen-bond acceptors (Lipinski definition) is 3. The minimum atomic E-state index is -0.980. The lowest BCUT2D eigenvalue weighted by atomic mass is 10.4. The number of carbonyl (C=O) groups excluding carboxylic acids is 2. The van der Waals surface area contributed by atoms with E-state index in [0.717, 1.165) is 0 Å². The SMILES string of the molecule is CCNC(=O)CN(C)C(=O)NCCC(=O)O.